The first-order chi connectivity index (χ1) is 4.51. The fourth-order valence-corrected chi connectivity index (χ4v) is 1.37. The van der Waals surface area contributed by atoms with Gasteiger partial charge >= 0.3 is 5.97 Å². The molecule has 0 spiro atoms. The zero-order chi connectivity index (χ0) is 7.94. The van der Waals surface area contributed by atoms with E-state index in [4.69, 9.17) is 10.3 Å². The van der Waals surface area contributed by atoms with E-state index in [0.29, 0.717) is 0 Å². The monoisotopic (exact) mass is 146 g/mol. The Morgan fingerprint density at radius 2 is 2.20 bits per heavy atom. The first kappa shape index (κ1) is 7.50. The van der Waals surface area contributed by atoms with Crippen LogP contribution in [0.15, 0.2) is 0 Å². The fraction of sp³-hybridized carbons (Fsp3) is 0.833. The topological polar surface area (TPSA) is 72.2 Å². The van der Waals surface area contributed by atoms with Crippen molar-refractivity contribution in [3.8, 4) is 0 Å². The molecule has 0 heterocycles. The van der Waals surface area contributed by atoms with Gasteiger partial charge in [-0.15, -0.1) is 0 Å². The van der Waals surface area contributed by atoms with Gasteiger partial charge in [0, 0.05) is 10.2 Å². The van der Waals surface area contributed by atoms with Crippen molar-refractivity contribution in [2.75, 3.05) is 0 Å². The molecule has 0 radical (unpaired) electrons. The molecule has 1 aliphatic rings. The van der Waals surface area contributed by atoms with Crippen molar-refractivity contribution in [3.63, 3.8) is 0 Å². The summed E-state index contributed by atoms with van der Waals surface area (Å²) in [5, 5.41) is 15.3. The molecule has 1 fully saturated rings. The molecule has 1 saturated carbocycles. The largest absolute Gasteiger partial charge is 0.564 e. The maximum atomic E-state index is 10.5. The van der Waals surface area contributed by atoms with E-state index < -0.39 is 5.97 Å². The summed E-state index contributed by atoms with van der Waals surface area (Å²) in [5.41, 5.74) is 1.78. The zero-order valence-corrected chi connectivity index (χ0v) is 6.01. The Labute approximate surface area is 58.8 Å². The van der Waals surface area contributed by atoms with E-state index in [-0.39, 0.29) is 17.4 Å². The highest BCUT2D eigenvalue weighted by atomic mass is 16.5. The molecule has 0 aromatic heterocycles. The van der Waals surface area contributed by atoms with Crippen molar-refractivity contribution in [1.82, 2.24) is 5.48 Å². The molecule has 0 aromatic carbocycles. The molecule has 2 atom stereocenters. The Kier molecular flexibility index (Phi) is 1.45. The Morgan fingerprint density at radius 3 is 2.30 bits per heavy atom. The van der Waals surface area contributed by atoms with Gasteiger partial charge in [-0.2, -0.15) is 0 Å². The molecule has 2 unspecified atom stereocenters. The second kappa shape index (κ2) is 1.93. The molecular formula is C6H12NO3+. The van der Waals surface area contributed by atoms with Crippen LogP contribution in [0.3, 0.4) is 0 Å². The minimum atomic E-state index is -0.600. The van der Waals surface area contributed by atoms with Crippen molar-refractivity contribution < 1.29 is 15.1 Å². The number of nitrogens with one attached hydrogen (secondary N) is 1. The summed E-state index contributed by atoms with van der Waals surface area (Å²) in [4.78, 5) is 10.5. The molecule has 0 saturated heterocycles. The van der Waals surface area contributed by atoms with Crippen molar-refractivity contribution >= 4 is 5.97 Å². The predicted molar refractivity (Wildman–Crippen MR) is 34.6 cm³/mol. The van der Waals surface area contributed by atoms with E-state index >= 15 is 0 Å². The van der Waals surface area contributed by atoms with E-state index in [0.717, 1.165) is 0 Å². The molecule has 1 aliphatic carbocycles. The van der Waals surface area contributed by atoms with Gasteiger partial charge in [0.25, 0.3) is 0 Å². The minimum Gasteiger partial charge on any atom is -0.564 e. The number of hydrogen-bond acceptors (Lipinski definition) is 3. The fourth-order valence-electron chi connectivity index (χ4n) is 1.37. The standard InChI is InChI=1S/C6H11NO3/c1-6(2)3(5(8)9)4(6)7-10/h3-4,7,10H,1-2H3,(H,8,9)/p+1. The summed E-state index contributed by atoms with van der Waals surface area (Å²) in [6.07, 6.45) is 0. The van der Waals surface area contributed by atoms with Crippen molar-refractivity contribution in [2.24, 2.45) is 11.3 Å². The first-order valence-corrected chi connectivity index (χ1v) is 3.17. The van der Waals surface area contributed by atoms with E-state index in [1.807, 2.05) is 19.3 Å². The van der Waals surface area contributed by atoms with Gasteiger partial charge in [0.05, 0.1) is 6.04 Å². The van der Waals surface area contributed by atoms with Crippen LogP contribution < -0.4 is 5.48 Å². The van der Waals surface area contributed by atoms with Gasteiger partial charge in [-0.1, -0.05) is 13.8 Å². The molecule has 4 N–H and O–H groups in total. The Bertz CT molecular complexity index is 166. The van der Waals surface area contributed by atoms with Gasteiger partial charge < -0.3 is 10.3 Å². The molecule has 0 amide bonds. The van der Waals surface area contributed by atoms with Gasteiger partial charge in [-0.25, -0.2) is 5.48 Å². The molecule has 0 bridgehead atoms. The molecule has 4 nitrogen and oxygen atoms in total. The summed E-state index contributed by atoms with van der Waals surface area (Å²) in [6, 6.07) is -0.225. The first-order valence-electron chi connectivity index (χ1n) is 3.17. The highest BCUT2D eigenvalue weighted by Gasteiger charge is 2.66. The average Bonchev–Trinajstić information content (AvgIpc) is 2.33. The lowest BCUT2D eigenvalue weighted by atomic mass is 10.1. The second-order valence-corrected chi connectivity index (χ2v) is 3.27. The second-order valence-electron chi connectivity index (χ2n) is 3.27. The minimum absolute atomic E-state index is 0.225. The van der Waals surface area contributed by atoms with Crippen LogP contribution in [0.4, 0.5) is 0 Å². The number of rotatable bonds is 2. The zero-order valence-electron chi connectivity index (χ0n) is 6.01. The van der Waals surface area contributed by atoms with Gasteiger partial charge in [-0.3, -0.25) is 0 Å². The maximum Gasteiger partial charge on any atom is 0.521 e. The van der Waals surface area contributed by atoms with Crippen LogP contribution in [-0.4, -0.2) is 22.3 Å². The normalized spacial score (nSPS) is 35.5. The van der Waals surface area contributed by atoms with Gasteiger partial charge in [0.2, 0.25) is 0 Å². The molecule has 0 aromatic rings. The number of carbonyl (C=O) groups is 1. The van der Waals surface area contributed by atoms with Crippen LogP contribution in [-0.2, 0) is 4.79 Å². The Hall–Kier alpha value is -0.610. The van der Waals surface area contributed by atoms with E-state index in [2.05, 4.69) is 0 Å². The van der Waals surface area contributed by atoms with Crippen LogP contribution in [0.1, 0.15) is 13.8 Å². The van der Waals surface area contributed by atoms with E-state index in [1.165, 1.54) is 0 Å². The predicted octanol–water partition coefficient (Wildman–Crippen LogP) is -0.759. The summed E-state index contributed by atoms with van der Waals surface area (Å²) < 4.78 is 0. The van der Waals surface area contributed by atoms with E-state index in [9.17, 15) is 4.79 Å². The van der Waals surface area contributed by atoms with Crippen LogP contribution in [0.2, 0.25) is 0 Å². The number of hydrogen-bond donors (Lipinski definition) is 2. The van der Waals surface area contributed by atoms with E-state index in [1.54, 1.807) is 0 Å². The molecule has 0 aliphatic heterocycles. The van der Waals surface area contributed by atoms with Crippen molar-refractivity contribution in [2.45, 2.75) is 19.9 Å². The Morgan fingerprint density at radius 1 is 1.70 bits per heavy atom. The average molecular weight is 146 g/mol. The number of carbonyl (C=O) groups excluding carboxylic acids is 1. The van der Waals surface area contributed by atoms with Gasteiger partial charge in [0.1, 0.15) is 5.92 Å². The SMILES string of the molecule is CC1(C)C(NO)C1C(=O)[OH2+]. The quantitative estimate of drug-likeness (QED) is 0.397. The van der Waals surface area contributed by atoms with Crippen molar-refractivity contribution in [3.05, 3.63) is 0 Å². The van der Waals surface area contributed by atoms with Gasteiger partial charge in [0.15, 0.2) is 0 Å². The molecule has 10 heavy (non-hydrogen) atoms. The number of hydroxylamine groups is 1. The third-order valence-corrected chi connectivity index (χ3v) is 2.25. The molecule has 58 valence electrons. The van der Waals surface area contributed by atoms with Crippen LogP contribution >= 0.6 is 0 Å². The molecule has 1 rings (SSSR count). The van der Waals surface area contributed by atoms with Crippen LogP contribution in [0.25, 0.3) is 0 Å². The lowest BCUT2D eigenvalue weighted by Crippen LogP contribution is -2.16. The summed E-state index contributed by atoms with van der Waals surface area (Å²) in [7, 11) is 0. The lowest BCUT2D eigenvalue weighted by molar-refractivity contribution is -0.139. The van der Waals surface area contributed by atoms with Crippen LogP contribution in [0, 0.1) is 11.3 Å². The molecular weight excluding hydrogens is 134 g/mol. The lowest BCUT2D eigenvalue weighted by Gasteiger charge is -1.95. The third-order valence-electron chi connectivity index (χ3n) is 2.25. The Balaban J connectivity index is 2.61. The third kappa shape index (κ3) is 0.803. The maximum absolute atomic E-state index is 10.5. The van der Waals surface area contributed by atoms with Crippen molar-refractivity contribution in [1.29, 1.82) is 0 Å². The smallest absolute Gasteiger partial charge is 0.521 e. The summed E-state index contributed by atoms with van der Waals surface area (Å²) in [5.74, 6) is -0.936. The van der Waals surface area contributed by atoms with Gasteiger partial charge in [-0.05, 0) is 0 Å². The highest BCUT2D eigenvalue weighted by Crippen LogP contribution is 2.51. The summed E-state index contributed by atoms with van der Waals surface area (Å²) in [6.45, 7) is 3.69. The molecule has 4 heteroatoms. The summed E-state index contributed by atoms with van der Waals surface area (Å²) >= 11 is 0. The van der Waals surface area contributed by atoms with Crippen LogP contribution in [0.5, 0.6) is 0 Å². The highest BCUT2D eigenvalue weighted by molar-refractivity contribution is 5.76.